The van der Waals surface area contributed by atoms with Crippen LogP contribution in [0.25, 0.3) is 0 Å². The standard InChI is InChI=1S/C15H14BrF2NO/c1-9(19)4-10-2-3-15(14(18)5-10)20-13-7-11(16)6-12(17)8-13/h2-3,5-9H,4,19H2,1H3. The maximum Gasteiger partial charge on any atom is 0.165 e. The minimum atomic E-state index is -0.497. The highest BCUT2D eigenvalue weighted by molar-refractivity contribution is 9.10. The van der Waals surface area contributed by atoms with Gasteiger partial charge in [-0.25, -0.2) is 8.78 Å². The summed E-state index contributed by atoms with van der Waals surface area (Å²) in [5.41, 5.74) is 6.47. The van der Waals surface area contributed by atoms with Crippen LogP contribution in [0.3, 0.4) is 0 Å². The van der Waals surface area contributed by atoms with Gasteiger partial charge in [-0.3, -0.25) is 0 Å². The molecule has 2 aromatic rings. The van der Waals surface area contributed by atoms with Crippen molar-refractivity contribution >= 4 is 15.9 Å². The molecule has 0 heterocycles. The zero-order valence-corrected chi connectivity index (χ0v) is 12.5. The molecule has 2 N–H and O–H groups in total. The van der Waals surface area contributed by atoms with Gasteiger partial charge in [0.05, 0.1) is 0 Å². The summed E-state index contributed by atoms with van der Waals surface area (Å²) in [4.78, 5) is 0. The number of halogens is 3. The minimum absolute atomic E-state index is 0.0413. The Bertz CT molecular complexity index is 597. The third-order valence-corrected chi connectivity index (χ3v) is 3.08. The van der Waals surface area contributed by atoms with Crippen LogP contribution in [0.2, 0.25) is 0 Å². The first kappa shape index (κ1) is 14.9. The minimum Gasteiger partial charge on any atom is -0.454 e. The van der Waals surface area contributed by atoms with E-state index >= 15 is 0 Å². The van der Waals surface area contributed by atoms with E-state index in [1.165, 1.54) is 24.3 Å². The van der Waals surface area contributed by atoms with Crippen molar-refractivity contribution in [1.82, 2.24) is 0 Å². The van der Waals surface area contributed by atoms with Gasteiger partial charge >= 0.3 is 0 Å². The molecule has 0 saturated carbocycles. The van der Waals surface area contributed by atoms with E-state index in [1.54, 1.807) is 12.1 Å². The first-order valence-electron chi connectivity index (χ1n) is 6.12. The van der Waals surface area contributed by atoms with E-state index < -0.39 is 11.6 Å². The Balaban J connectivity index is 2.21. The molecule has 1 unspecified atom stereocenters. The lowest BCUT2D eigenvalue weighted by Gasteiger charge is -2.10. The zero-order chi connectivity index (χ0) is 14.7. The van der Waals surface area contributed by atoms with E-state index in [2.05, 4.69) is 15.9 Å². The molecule has 20 heavy (non-hydrogen) atoms. The van der Waals surface area contributed by atoms with Crippen molar-refractivity contribution < 1.29 is 13.5 Å². The summed E-state index contributed by atoms with van der Waals surface area (Å²) in [5, 5.41) is 0. The van der Waals surface area contributed by atoms with Crippen LogP contribution in [0.15, 0.2) is 40.9 Å². The lowest BCUT2D eigenvalue weighted by Crippen LogP contribution is -2.17. The molecule has 2 rings (SSSR count). The summed E-state index contributed by atoms with van der Waals surface area (Å²) < 4.78 is 33.0. The van der Waals surface area contributed by atoms with Crippen LogP contribution >= 0.6 is 15.9 Å². The normalized spacial score (nSPS) is 12.2. The topological polar surface area (TPSA) is 35.2 Å². The van der Waals surface area contributed by atoms with Crippen LogP contribution in [0.5, 0.6) is 11.5 Å². The van der Waals surface area contributed by atoms with E-state index in [0.717, 1.165) is 5.56 Å². The van der Waals surface area contributed by atoms with Gasteiger partial charge in [0.1, 0.15) is 11.6 Å². The van der Waals surface area contributed by atoms with Crippen molar-refractivity contribution in [2.24, 2.45) is 5.73 Å². The van der Waals surface area contributed by atoms with Crippen LogP contribution in [0.1, 0.15) is 12.5 Å². The molecule has 0 fully saturated rings. The largest absolute Gasteiger partial charge is 0.454 e. The molecule has 0 radical (unpaired) electrons. The number of hydrogen-bond acceptors (Lipinski definition) is 2. The number of hydrogen-bond donors (Lipinski definition) is 1. The number of nitrogens with two attached hydrogens (primary N) is 1. The number of benzene rings is 2. The Morgan fingerprint density at radius 3 is 2.55 bits per heavy atom. The highest BCUT2D eigenvalue weighted by Gasteiger charge is 2.08. The van der Waals surface area contributed by atoms with Gasteiger partial charge in [-0.1, -0.05) is 22.0 Å². The maximum absolute atomic E-state index is 13.9. The third kappa shape index (κ3) is 4.02. The predicted molar refractivity (Wildman–Crippen MR) is 77.9 cm³/mol. The second kappa shape index (κ2) is 6.33. The summed E-state index contributed by atoms with van der Waals surface area (Å²) in [6.07, 6.45) is 0.586. The predicted octanol–water partition coefficient (Wildman–Crippen LogP) is 4.41. The summed E-state index contributed by atoms with van der Waals surface area (Å²) in [6.45, 7) is 1.85. The average Bonchev–Trinajstić information content (AvgIpc) is 2.30. The molecular formula is C15H14BrF2NO. The van der Waals surface area contributed by atoms with Crippen molar-refractivity contribution in [3.05, 3.63) is 58.1 Å². The number of rotatable bonds is 4. The molecule has 106 valence electrons. The molecule has 0 aliphatic rings. The second-order valence-electron chi connectivity index (χ2n) is 4.65. The SMILES string of the molecule is CC(N)Cc1ccc(Oc2cc(F)cc(Br)c2)c(F)c1. The Labute approximate surface area is 124 Å². The summed E-state index contributed by atoms with van der Waals surface area (Å²) >= 11 is 3.16. The van der Waals surface area contributed by atoms with Gasteiger partial charge in [-0.2, -0.15) is 0 Å². The Morgan fingerprint density at radius 2 is 1.95 bits per heavy atom. The van der Waals surface area contributed by atoms with Crippen LogP contribution in [0.4, 0.5) is 8.78 Å². The summed E-state index contributed by atoms with van der Waals surface area (Å²) in [6, 6.07) is 8.67. The molecule has 2 aromatic carbocycles. The van der Waals surface area contributed by atoms with E-state index in [0.29, 0.717) is 10.9 Å². The fraction of sp³-hybridized carbons (Fsp3) is 0.200. The van der Waals surface area contributed by atoms with E-state index in [-0.39, 0.29) is 17.5 Å². The molecule has 0 amide bonds. The lowest BCUT2D eigenvalue weighted by atomic mass is 10.1. The number of ether oxygens (including phenoxy) is 1. The fourth-order valence-electron chi connectivity index (χ4n) is 1.84. The van der Waals surface area contributed by atoms with Crippen molar-refractivity contribution in [3.8, 4) is 11.5 Å². The first-order valence-corrected chi connectivity index (χ1v) is 6.91. The Kier molecular flexibility index (Phi) is 4.73. The second-order valence-corrected chi connectivity index (χ2v) is 5.57. The van der Waals surface area contributed by atoms with Gasteiger partial charge < -0.3 is 10.5 Å². The van der Waals surface area contributed by atoms with Gasteiger partial charge in [-0.15, -0.1) is 0 Å². The van der Waals surface area contributed by atoms with E-state index in [9.17, 15) is 8.78 Å². The van der Waals surface area contributed by atoms with Crippen molar-refractivity contribution in [1.29, 1.82) is 0 Å². The van der Waals surface area contributed by atoms with Gasteiger partial charge in [0.15, 0.2) is 11.6 Å². The smallest absolute Gasteiger partial charge is 0.165 e. The molecule has 0 spiro atoms. The first-order chi connectivity index (χ1) is 9.44. The molecule has 0 aliphatic carbocycles. The summed E-state index contributed by atoms with van der Waals surface area (Å²) in [5.74, 6) is -0.668. The van der Waals surface area contributed by atoms with Crippen molar-refractivity contribution in [2.45, 2.75) is 19.4 Å². The van der Waals surface area contributed by atoms with Crippen molar-refractivity contribution in [3.63, 3.8) is 0 Å². The molecule has 0 aromatic heterocycles. The molecular weight excluding hydrogens is 328 g/mol. The van der Waals surface area contributed by atoms with Crippen LogP contribution in [-0.2, 0) is 6.42 Å². The van der Waals surface area contributed by atoms with Crippen LogP contribution < -0.4 is 10.5 Å². The average molecular weight is 342 g/mol. The molecule has 0 saturated heterocycles. The van der Waals surface area contributed by atoms with E-state index in [4.69, 9.17) is 10.5 Å². The highest BCUT2D eigenvalue weighted by atomic mass is 79.9. The highest BCUT2D eigenvalue weighted by Crippen LogP contribution is 2.28. The van der Waals surface area contributed by atoms with Gasteiger partial charge in [-0.05, 0) is 43.2 Å². The third-order valence-electron chi connectivity index (χ3n) is 2.62. The maximum atomic E-state index is 13.9. The van der Waals surface area contributed by atoms with Crippen LogP contribution in [0, 0.1) is 11.6 Å². The summed E-state index contributed by atoms with van der Waals surface area (Å²) in [7, 11) is 0. The van der Waals surface area contributed by atoms with Crippen LogP contribution in [-0.4, -0.2) is 6.04 Å². The molecule has 0 bridgehead atoms. The van der Waals surface area contributed by atoms with E-state index in [1.807, 2.05) is 6.92 Å². The lowest BCUT2D eigenvalue weighted by molar-refractivity contribution is 0.437. The fourth-order valence-corrected chi connectivity index (χ4v) is 2.28. The van der Waals surface area contributed by atoms with Gasteiger partial charge in [0.25, 0.3) is 0 Å². The quantitative estimate of drug-likeness (QED) is 0.893. The molecule has 1 atom stereocenters. The molecule has 0 aliphatic heterocycles. The van der Waals surface area contributed by atoms with Gasteiger partial charge in [0.2, 0.25) is 0 Å². The Morgan fingerprint density at radius 1 is 1.20 bits per heavy atom. The zero-order valence-electron chi connectivity index (χ0n) is 10.9. The van der Waals surface area contributed by atoms with Gasteiger partial charge in [0, 0.05) is 16.6 Å². The van der Waals surface area contributed by atoms with Crippen molar-refractivity contribution in [2.75, 3.05) is 0 Å². The Hall–Kier alpha value is -1.46. The molecule has 5 heteroatoms. The molecule has 2 nitrogen and oxygen atoms in total. The monoisotopic (exact) mass is 341 g/mol.